The first-order chi connectivity index (χ1) is 13.0. The molecule has 0 bridgehead atoms. The Balaban J connectivity index is 1.57. The van der Waals surface area contributed by atoms with Crippen molar-refractivity contribution in [3.63, 3.8) is 0 Å². The van der Waals surface area contributed by atoms with Gasteiger partial charge in [-0.2, -0.15) is 0 Å². The second-order valence-electron chi connectivity index (χ2n) is 7.68. The zero-order chi connectivity index (χ0) is 19.2. The monoisotopic (exact) mass is 372 g/mol. The van der Waals surface area contributed by atoms with Gasteiger partial charge in [0.25, 0.3) is 5.91 Å². The SMILES string of the molecule is O=C(O)CCC1CCCN(C(=O)C2CCCN(C(=O)c3ccccc3)C2)C1. The molecule has 2 saturated heterocycles. The summed E-state index contributed by atoms with van der Waals surface area (Å²) in [6, 6.07) is 9.21. The fourth-order valence-corrected chi connectivity index (χ4v) is 4.21. The first-order valence-corrected chi connectivity index (χ1v) is 9.89. The highest BCUT2D eigenvalue weighted by atomic mass is 16.4. The van der Waals surface area contributed by atoms with E-state index in [9.17, 15) is 14.4 Å². The topological polar surface area (TPSA) is 77.9 Å². The van der Waals surface area contributed by atoms with Gasteiger partial charge in [-0.25, -0.2) is 0 Å². The molecule has 2 aliphatic heterocycles. The smallest absolute Gasteiger partial charge is 0.303 e. The molecule has 6 nitrogen and oxygen atoms in total. The number of carbonyl (C=O) groups is 3. The summed E-state index contributed by atoms with van der Waals surface area (Å²) in [5.74, 6) is -0.540. The van der Waals surface area contributed by atoms with Crippen LogP contribution in [0, 0.1) is 11.8 Å². The molecule has 146 valence electrons. The van der Waals surface area contributed by atoms with E-state index in [0.717, 1.165) is 32.2 Å². The maximum absolute atomic E-state index is 13.0. The number of rotatable bonds is 5. The number of carboxylic acid groups (broad SMARTS) is 1. The van der Waals surface area contributed by atoms with Crippen LogP contribution >= 0.6 is 0 Å². The third-order valence-corrected chi connectivity index (χ3v) is 5.68. The summed E-state index contributed by atoms with van der Waals surface area (Å²) < 4.78 is 0. The van der Waals surface area contributed by atoms with Gasteiger partial charge in [0.1, 0.15) is 0 Å². The molecule has 2 heterocycles. The van der Waals surface area contributed by atoms with E-state index in [1.54, 1.807) is 4.90 Å². The van der Waals surface area contributed by atoms with Crippen molar-refractivity contribution in [2.75, 3.05) is 26.2 Å². The number of aliphatic carboxylic acids is 1. The van der Waals surface area contributed by atoms with Crippen LogP contribution in [0.5, 0.6) is 0 Å². The molecule has 0 aromatic heterocycles. The molecule has 6 heteroatoms. The van der Waals surface area contributed by atoms with E-state index in [1.165, 1.54) is 0 Å². The standard InChI is InChI=1S/C21H28N2O4/c24-19(25)11-10-16-6-4-12-22(14-16)21(27)18-9-5-13-23(15-18)20(26)17-7-2-1-3-8-17/h1-3,7-8,16,18H,4-6,9-15H2,(H,24,25). The minimum absolute atomic E-state index is 0.00826. The van der Waals surface area contributed by atoms with Crippen molar-refractivity contribution in [1.29, 1.82) is 0 Å². The lowest BCUT2D eigenvalue weighted by molar-refractivity contribution is -0.139. The predicted octanol–water partition coefficient (Wildman–Crippen LogP) is 2.64. The van der Waals surface area contributed by atoms with Gasteiger partial charge in [0.15, 0.2) is 0 Å². The third kappa shape index (κ3) is 5.08. The quantitative estimate of drug-likeness (QED) is 0.862. The highest BCUT2D eigenvalue weighted by Gasteiger charge is 2.33. The second-order valence-corrected chi connectivity index (χ2v) is 7.68. The second kappa shape index (κ2) is 9.02. The van der Waals surface area contributed by atoms with Crippen molar-refractivity contribution in [2.24, 2.45) is 11.8 Å². The van der Waals surface area contributed by atoms with Gasteiger partial charge in [0.05, 0.1) is 5.92 Å². The summed E-state index contributed by atoms with van der Waals surface area (Å²) in [6.07, 6.45) is 4.35. The molecule has 2 aliphatic rings. The molecule has 1 aromatic rings. The van der Waals surface area contributed by atoms with Crippen LogP contribution < -0.4 is 0 Å². The van der Waals surface area contributed by atoms with E-state index in [-0.39, 0.29) is 30.1 Å². The van der Waals surface area contributed by atoms with Gasteiger partial charge in [-0.1, -0.05) is 18.2 Å². The molecular weight excluding hydrogens is 344 g/mol. The van der Waals surface area contributed by atoms with E-state index >= 15 is 0 Å². The number of benzene rings is 1. The Labute approximate surface area is 160 Å². The number of piperidine rings is 2. The van der Waals surface area contributed by atoms with Crippen molar-refractivity contribution in [3.05, 3.63) is 35.9 Å². The van der Waals surface area contributed by atoms with E-state index in [1.807, 2.05) is 35.2 Å². The summed E-state index contributed by atoms with van der Waals surface area (Å²) in [6.45, 7) is 2.56. The molecule has 0 spiro atoms. The van der Waals surface area contributed by atoms with Crippen molar-refractivity contribution in [1.82, 2.24) is 9.80 Å². The van der Waals surface area contributed by atoms with Crippen molar-refractivity contribution in [3.8, 4) is 0 Å². The van der Waals surface area contributed by atoms with Gasteiger partial charge >= 0.3 is 5.97 Å². The van der Waals surface area contributed by atoms with E-state index < -0.39 is 5.97 Å². The molecule has 1 N–H and O–H groups in total. The maximum Gasteiger partial charge on any atom is 0.303 e. The minimum atomic E-state index is -0.777. The first-order valence-electron chi connectivity index (χ1n) is 9.89. The van der Waals surface area contributed by atoms with E-state index in [4.69, 9.17) is 5.11 Å². The lowest BCUT2D eigenvalue weighted by atomic mass is 9.90. The lowest BCUT2D eigenvalue weighted by Gasteiger charge is -2.38. The molecule has 2 unspecified atom stereocenters. The molecular formula is C21H28N2O4. The number of amides is 2. The van der Waals surface area contributed by atoms with Crippen molar-refractivity contribution in [2.45, 2.75) is 38.5 Å². The van der Waals surface area contributed by atoms with Gasteiger partial charge < -0.3 is 14.9 Å². The van der Waals surface area contributed by atoms with Crippen LogP contribution in [0.1, 0.15) is 48.9 Å². The highest BCUT2D eigenvalue weighted by Crippen LogP contribution is 2.26. The van der Waals surface area contributed by atoms with Crippen LogP contribution in [0.25, 0.3) is 0 Å². The number of carboxylic acids is 1. The molecule has 27 heavy (non-hydrogen) atoms. The van der Waals surface area contributed by atoms with Crippen LogP contribution in [-0.2, 0) is 9.59 Å². The first kappa shape index (κ1) is 19.4. The van der Waals surface area contributed by atoms with Crippen LogP contribution in [0.3, 0.4) is 0 Å². The summed E-state index contributed by atoms with van der Waals surface area (Å²) in [5, 5.41) is 8.88. The van der Waals surface area contributed by atoms with Crippen LogP contribution in [0.4, 0.5) is 0 Å². The number of hydrogen-bond acceptors (Lipinski definition) is 3. The van der Waals surface area contributed by atoms with Crippen LogP contribution in [0.2, 0.25) is 0 Å². The summed E-state index contributed by atoms with van der Waals surface area (Å²) in [4.78, 5) is 40.2. The van der Waals surface area contributed by atoms with E-state index in [0.29, 0.717) is 31.6 Å². The average molecular weight is 372 g/mol. The molecule has 2 atom stereocenters. The molecule has 0 aliphatic carbocycles. The highest BCUT2D eigenvalue weighted by molar-refractivity contribution is 5.94. The molecule has 1 aromatic carbocycles. The van der Waals surface area contributed by atoms with Gasteiger partial charge in [-0.05, 0) is 50.2 Å². The Kier molecular flexibility index (Phi) is 6.48. The fourth-order valence-electron chi connectivity index (χ4n) is 4.21. The largest absolute Gasteiger partial charge is 0.481 e. The van der Waals surface area contributed by atoms with Crippen molar-refractivity contribution < 1.29 is 19.5 Å². The zero-order valence-corrected chi connectivity index (χ0v) is 15.7. The Bertz CT molecular complexity index is 676. The number of hydrogen-bond donors (Lipinski definition) is 1. The van der Waals surface area contributed by atoms with Gasteiger partial charge in [0, 0.05) is 38.2 Å². The lowest BCUT2D eigenvalue weighted by Crippen LogP contribution is -2.49. The van der Waals surface area contributed by atoms with E-state index in [2.05, 4.69) is 0 Å². The fraction of sp³-hybridized carbons (Fsp3) is 0.571. The molecule has 2 amide bonds. The van der Waals surface area contributed by atoms with Crippen LogP contribution in [0.15, 0.2) is 30.3 Å². The number of likely N-dealkylation sites (tertiary alicyclic amines) is 2. The maximum atomic E-state index is 13.0. The Morgan fingerprint density at radius 1 is 0.963 bits per heavy atom. The summed E-state index contributed by atoms with van der Waals surface area (Å²) in [7, 11) is 0. The molecule has 2 fully saturated rings. The van der Waals surface area contributed by atoms with Gasteiger partial charge in [0.2, 0.25) is 5.91 Å². The number of nitrogens with zero attached hydrogens (tertiary/aromatic N) is 2. The van der Waals surface area contributed by atoms with Crippen LogP contribution in [-0.4, -0.2) is 58.9 Å². The zero-order valence-electron chi connectivity index (χ0n) is 15.7. The Morgan fingerprint density at radius 3 is 2.41 bits per heavy atom. The number of carbonyl (C=O) groups excluding carboxylic acids is 2. The Morgan fingerprint density at radius 2 is 1.67 bits per heavy atom. The van der Waals surface area contributed by atoms with Gasteiger partial charge in [-0.15, -0.1) is 0 Å². The molecule has 3 rings (SSSR count). The van der Waals surface area contributed by atoms with Crippen molar-refractivity contribution >= 4 is 17.8 Å². The van der Waals surface area contributed by atoms with Gasteiger partial charge in [-0.3, -0.25) is 14.4 Å². The molecule has 0 saturated carbocycles. The average Bonchev–Trinajstić information content (AvgIpc) is 2.72. The normalized spacial score (nSPS) is 23.1. The Hall–Kier alpha value is -2.37. The summed E-state index contributed by atoms with van der Waals surface area (Å²) in [5.41, 5.74) is 0.664. The summed E-state index contributed by atoms with van der Waals surface area (Å²) >= 11 is 0. The third-order valence-electron chi connectivity index (χ3n) is 5.68. The minimum Gasteiger partial charge on any atom is -0.481 e. The predicted molar refractivity (Wildman–Crippen MR) is 101 cm³/mol. The molecule has 0 radical (unpaired) electrons.